The Hall–Kier alpha value is -1.10. The molecular weight excluding hydrogens is 200 g/mol. The van der Waals surface area contributed by atoms with Crippen LogP contribution in [0.3, 0.4) is 0 Å². The molecule has 0 saturated carbocycles. The van der Waals surface area contributed by atoms with Gasteiger partial charge in [0.25, 0.3) is 0 Å². The molecule has 0 amide bonds. The van der Waals surface area contributed by atoms with Crippen LogP contribution in [-0.4, -0.2) is 11.7 Å². The highest BCUT2D eigenvalue weighted by atomic mass is 19.4. The summed E-state index contributed by atoms with van der Waals surface area (Å²) in [7, 11) is 0. The zero-order chi connectivity index (χ0) is 10.8. The van der Waals surface area contributed by atoms with Crippen LogP contribution in [-0.2, 0) is 6.18 Å². The van der Waals surface area contributed by atoms with Gasteiger partial charge >= 0.3 is 6.18 Å². The number of alkyl halides is 4. The first kappa shape index (κ1) is 11.0. The van der Waals surface area contributed by atoms with Gasteiger partial charge in [-0.25, -0.2) is 4.39 Å². The monoisotopic (exact) mass is 208 g/mol. The van der Waals surface area contributed by atoms with E-state index in [-0.39, 0.29) is 5.56 Å². The Morgan fingerprint density at radius 1 is 1.14 bits per heavy atom. The van der Waals surface area contributed by atoms with Gasteiger partial charge in [-0.05, 0) is 17.7 Å². The maximum Gasteiger partial charge on any atom is 0.416 e. The van der Waals surface area contributed by atoms with Gasteiger partial charge in [0.15, 0.2) is 0 Å². The Morgan fingerprint density at radius 3 is 2.00 bits per heavy atom. The Kier molecular flexibility index (Phi) is 3.10. The van der Waals surface area contributed by atoms with E-state index in [1.807, 2.05) is 0 Å². The van der Waals surface area contributed by atoms with Crippen molar-refractivity contribution in [2.24, 2.45) is 0 Å². The number of hydrogen-bond acceptors (Lipinski definition) is 1. The van der Waals surface area contributed by atoms with Crippen molar-refractivity contribution in [2.45, 2.75) is 12.3 Å². The molecule has 5 heteroatoms. The third-order valence-electron chi connectivity index (χ3n) is 1.76. The molecular formula is C9H8F4O. The lowest BCUT2D eigenvalue weighted by atomic mass is 10.1. The summed E-state index contributed by atoms with van der Waals surface area (Å²) >= 11 is 0. The van der Waals surface area contributed by atoms with Crippen molar-refractivity contribution in [1.29, 1.82) is 0 Å². The van der Waals surface area contributed by atoms with Crippen LogP contribution in [0.2, 0.25) is 0 Å². The van der Waals surface area contributed by atoms with E-state index >= 15 is 0 Å². The van der Waals surface area contributed by atoms with Crippen molar-refractivity contribution in [3.8, 4) is 0 Å². The predicted octanol–water partition coefficient (Wildman–Crippen LogP) is 2.71. The van der Waals surface area contributed by atoms with Gasteiger partial charge in [-0.1, -0.05) is 12.1 Å². The van der Waals surface area contributed by atoms with Crippen LogP contribution in [0.4, 0.5) is 17.6 Å². The Balaban J connectivity index is 2.89. The van der Waals surface area contributed by atoms with Crippen molar-refractivity contribution in [3.05, 3.63) is 35.4 Å². The molecule has 1 aromatic rings. The van der Waals surface area contributed by atoms with E-state index in [0.29, 0.717) is 0 Å². The lowest BCUT2D eigenvalue weighted by Gasteiger charge is -2.08. The van der Waals surface area contributed by atoms with Gasteiger partial charge in [-0.3, -0.25) is 0 Å². The van der Waals surface area contributed by atoms with Gasteiger partial charge in [0.1, 0.15) is 6.17 Å². The normalized spacial score (nSPS) is 14.1. The Labute approximate surface area is 78.0 Å². The minimum Gasteiger partial charge on any atom is -0.393 e. The minimum atomic E-state index is -4.41. The predicted molar refractivity (Wildman–Crippen MR) is 42.4 cm³/mol. The van der Waals surface area contributed by atoms with E-state index in [2.05, 4.69) is 0 Å². The quantitative estimate of drug-likeness (QED) is 0.741. The smallest absolute Gasteiger partial charge is 0.393 e. The molecule has 0 heterocycles. The van der Waals surface area contributed by atoms with Gasteiger partial charge in [0.05, 0.1) is 12.2 Å². The summed E-state index contributed by atoms with van der Waals surface area (Å²) in [5.41, 5.74) is -0.785. The molecule has 0 aromatic heterocycles. The summed E-state index contributed by atoms with van der Waals surface area (Å²) in [6, 6.07) is 3.61. The van der Waals surface area contributed by atoms with Crippen LogP contribution >= 0.6 is 0 Å². The van der Waals surface area contributed by atoms with Gasteiger partial charge in [0.2, 0.25) is 0 Å². The molecule has 78 valence electrons. The van der Waals surface area contributed by atoms with Crippen LogP contribution < -0.4 is 0 Å². The summed E-state index contributed by atoms with van der Waals surface area (Å²) in [5, 5.41) is 8.42. The van der Waals surface area contributed by atoms with Crippen LogP contribution in [0.1, 0.15) is 17.3 Å². The molecule has 1 N–H and O–H groups in total. The fraction of sp³-hybridized carbons (Fsp3) is 0.333. The highest BCUT2D eigenvalue weighted by Crippen LogP contribution is 2.30. The van der Waals surface area contributed by atoms with E-state index in [9.17, 15) is 17.6 Å². The third-order valence-corrected chi connectivity index (χ3v) is 1.76. The molecule has 14 heavy (non-hydrogen) atoms. The van der Waals surface area contributed by atoms with E-state index in [0.717, 1.165) is 24.3 Å². The first-order valence-electron chi connectivity index (χ1n) is 3.87. The molecule has 0 bridgehead atoms. The summed E-state index contributed by atoms with van der Waals surface area (Å²) in [4.78, 5) is 0. The second-order valence-electron chi connectivity index (χ2n) is 2.77. The highest BCUT2D eigenvalue weighted by Gasteiger charge is 2.30. The average molecular weight is 208 g/mol. The maximum atomic E-state index is 12.8. The maximum absolute atomic E-state index is 12.8. The fourth-order valence-corrected chi connectivity index (χ4v) is 0.986. The molecule has 0 aliphatic carbocycles. The zero-order valence-corrected chi connectivity index (χ0v) is 7.05. The minimum absolute atomic E-state index is 0.0421. The second-order valence-corrected chi connectivity index (χ2v) is 2.77. The number of aliphatic hydroxyl groups is 1. The lowest BCUT2D eigenvalue weighted by Crippen LogP contribution is -2.05. The van der Waals surface area contributed by atoms with E-state index < -0.39 is 24.5 Å². The first-order chi connectivity index (χ1) is 6.45. The van der Waals surface area contributed by atoms with Gasteiger partial charge in [0, 0.05) is 0 Å². The van der Waals surface area contributed by atoms with E-state index in [1.165, 1.54) is 0 Å². The fourth-order valence-electron chi connectivity index (χ4n) is 0.986. The van der Waals surface area contributed by atoms with E-state index in [4.69, 9.17) is 5.11 Å². The molecule has 0 aliphatic rings. The zero-order valence-electron chi connectivity index (χ0n) is 7.05. The van der Waals surface area contributed by atoms with Gasteiger partial charge in [-0.15, -0.1) is 0 Å². The van der Waals surface area contributed by atoms with Crippen molar-refractivity contribution >= 4 is 0 Å². The Morgan fingerprint density at radius 2 is 1.64 bits per heavy atom. The van der Waals surface area contributed by atoms with E-state index in [1.54, 1.807) is 0 Å². The number of rotatable bonds is 2. The number of benzene rings is 1. The van der Waals surface area contributed by atoms with Crippen LogP contribution in [0.15, 0.2) is 24.3 Å². The lowest BCUT2D eigenvalue weighted by molar-refractivity contribution is -0.137. The second kappa shape index (κ2) is 3.96. The molecule has 1 aromatic carbocycles. The molecule has 0 saturated heterocycles. The molecule has 1 atom stereocenters. The van der Waals surface area contributed by atoms with Crippen molar-refractivity contribution in [3.63, 3.8) is 0 Å². The van der Waals surface area contributed by atoms with Gasteiger partial charge < -0.3 is 5.11 Å². The molecule has 0 radical (unpaired) electrons. The number of halogens is 4. The topological polar surface area (TPSA) is 20.2 Å². The molecule has 0 fully saturated rings. The molecule has 1 unspecified atom stereocenters. The molecule has 1 rings (SSSR count). The van der Waals surface area contributed by atoms with Crippen LogP contribution in [0.25, 0.3) is 0 Å². The standard InChI is InChI=1S/C9H8F4O/c10-8(5-14)6-1-3-7(4-2-6)9(11,12)13/h1-4,8,14H,5H2. The van der Waals surface area contributed by atoms with Crippen molar-refractivity contribution in [2.75, 3.05) is 6.61 Å². The van der Waals surface area contributed by atoms with Crippen molar-refractivity contribution in [1.82, 2.24) is 0 Å². The van der Waals surface area contributed by atoms with Gasteiger partial charge in [-0.2, -0.15) is 13.2 Å². The average Bonchev–Trinajstić information content (AvgIpc) is 2.15. The summed E-state index contributed by atoms with van der Waals surface area (Å²) in [6.45, 7) is -0.731. The Bertz CT molecular complexity index is 291. The molecule has 1 nitrogen and oxygen atoms in total. The molecule has 0 spiro atoms. The highest BCUT2D eigenvalue weighted by molar-refractivity contribution is 5.26. The summed E-state index contributed by atoms with van der Waals surface area (Å²) in [5.74, 6) is 0. The molecule has 0 aliphatic heterocycles. The van der Waals surface area contributed by atoms with Crippen molar-refractivity contribution < 1.29 is 22.7 Å². The van der Waals surface area contributed by atoms with Crippen LogP contribution in [0, 0.1) is 0 Å². The summed E-state index contributed by atoms with van der Waals surface area (Å²) < 4.78 is 48.9. The SMILES string of the molecule is OCC(F)c1ccc(C(F)(F)F)cc1. The number of aliphatic hydroxyl groups excluding tert-OH is 1. The number of hydrogen-bond donors (Lipinski definition) is 1. The summed E-state index contributed by atoms with van der Waals surface area (Å²) in [6.07, 6.45) is -6.04. The largest absolute Gasteiger partial charge is 0.416 e. The van der Waals surface area contributed by atoms with Crippen LogP contribution in [0.5, 0.6) is 0 Å². The first-order valence-corrected chi connectivity index (χ1v) is 3.87. The third kappa shape index (κ3) is 2.45.